The van der Waals surface area contributed by atoms with Crippen LogP contribution in [0, 0.1) is 5.92 Å². The number of likely N-dealkylation sites (tertiary alicyclic amines) is 1. The molecule has 26 heavy (non-hydrogen) atoms. The van der Waals surface area contributed by atoms with Crippen molar-refractivity contribution in [1.82, 2.24) is 10.2 Å². The highest BCUT2D eigenvalue weighted by Gasteiger charge is 2.24. The van der Waals surface area contributed by atoms with E-state index in [0.29, 0.717) is 29.9 Å². The van der Waals surface area contributed by atoms with Gasteiger partial charge in [0.25, 0.3) is 0 Å². The minimum Gasteiger partial charge on any atom is -0.486 e. The highest BCUT2D eigenvalue weighted by Crippen LogP contribution is 2.38. The van der Waals surface area contributed by atoms with Crippen molar-refractivity contribution in [3.63, 3.8) is 0 Å². The molecule has 146 valence electrons. The lowest BCUT2D eigenvalue weighted by atomic mass is 10.1. The first kappa shape index (κ1) is 21.4. The number of ether oxygens (including phenoxy) is 3. The summed E-state index contributed by atoms with van der Waals surface area (Å²) in [4.78, 5) is 6.70. The molecule has 0 amide bonds. The predicted octanol–water partition coefficient (Wildman–Crippen LogP) is 2.82. The van der Waals surface area contributed by atoms with E-state index in [-0.39, 0.29) is 24.0 Å². The van der Waals surface area contributed by atoms with Crippen LogP contribution in [0.15, 0.2) is 17.1 Å². The number of guanidine groups is 1. The molecule has 0 spiro atoms. The second kappa shape index (κ2) is 10.4. The number of aliphatic imine (C=N–C) groups is 1. The first-order valence-corrected chi connectivity index (χ1v) is 9.11. The van der Waals surface area contributed by atoms with Crippen molar-refractivity contribution in [2.45, 2.75) is 12.8 Å². The molecule has 2 aliphatic heterocycles. The molecule has 1 unspecified atom stereocenters. The summed E-state index contributed by atoms with van der Waals surface area (Å²) >= 11 is 6.30. The lowest BCUT2D eigenvalue weighted by Crippen LogP contribution is -2.41. The number of rotatable bonds is 5. The number of hydrogen-bond acceptors (Lipinski definition) is 4. The molecular weight excluding hydrogens is 469 g/mol. The van der Waals surface area contributed by atoms with Crippen molar-refractivity contribution >= 4 is 41.5 Å². The first-order valence-electron chi connectivity index (χ1n) is 8.73. The Balaban J connectivity index is 0.00000243. The Morgan fingerprint density at radius 2 is 2.19 bits per heavy atom. The van der Waals surface area contributed by atoms with Crippen molar-refractivity contribution in [2.75, 3.05) is 53.6 Å². The van der Waals surface area contributed by atoms with Gasteiger partial charge in [0.05, 0.1) is 11.6 Å². The molecule has 0 aliphatic carbocycles. The summed E-state index contributed by atoms with van der Waals surface area (Å²) in [5, 5.41) is 4.05. The van der Waals surface area contributed by atoms with E-state index in [1.165, 1.54) is 0 Å². The summed E-state index contributed by atoms with van der Waals surface area (Å²) in [6.45, 7) is 4.71. The van der Waals surface area contributed by atoms with Gasteiger partial charge in [-0.3, -0.25) is 4.99 Å². The maximum Gasteiger partial charge on any atom is 0.193 e. The standard InChI is InChI=1S/C18H26ClN3O3.HI/c1-20-18(22-6-4-14(11-22)12-23-2)21-5-3-13-9-15(19)17-16(10-13)24-7-8-25-17;/h9-10,14H,3-8,11-12H2,1-2H3,(H,20,21);1H. The topological polar surface area (TPSA) is 55.3 Å². The molecule has 0 aromatic heterocycles. The number of methoxy groups -OCH3 is 1. The average Bonchev–Trinajstić information content (AvgIpc) is 3.07. The number of halogens is 2. The molecule has 3 rings (SSSR count). The van der Waals surface area contributed by atoms with Gasteiger partial charge in [0.2, 0.25) is 0 Å². The number of fused-ring (bicyclic) bond motifs is 1. The maximum atomic E-state index is 6.30. The largest absolute Gasteiger partial charge is 0.486 e. The van der Waals surface area contributed by atoms with Crippen LogP contribution >= 0.6 is 35.6 Å². The molecule has 1 saturated heterocycles. The van der Waals surface area contributed by atoms with E-state index in [1.54, 1.807) is 7.11 Å². The molecule has 0 radical (unpaired) electrons. The van der Waals surface area contributed by atoms with E-state index in [4.69, 9.17) is 25.8 Å². The van der Waals surface area contributed by atoms with Crippen molar-refractivity contribution in [1.29, 1.82) is 0 Å². The molecule has 6 nitrogen and oxygen atoms in total. The summed E-state index contributed by atoms with van der Waals surface area (Å²) in [6, 6.07) is 3.96. The van der Waals surface area contributed by atoms with E-state index in [1.807, 2.05) is 19.2 Å². The third-order valence-electron chi connectivity index (χ3n) is 4.55. The zero-order chi connectivity index (χ0) is 17.6. The Kier molecular flexibility index (Phi) is 8.56. The molecule has 0 bridgehead atoms. The lowest BCUT2D eigenvalue weighted by Gasteiger charge is -2.22. The molecular formula is C18H27ClIN3O3. The molecule has 8 heteroatoms. The van der Waals surface area contributed by atoms with Crippen LogP contribution in [0.3, 0.4) is 0 Å². The van der Waals surface area contributed by atoms with Crippen LogP contribution in [-0.4, -0.2) is 64.5 Å². The van der Waals surface area contributed by atoms with E-state index in [0.717, 1.165) is 56.4 Å². The monoisotopic (exact) mass is 495 g/mol. The van der Waals surface area contributed by atoms with E-state index in [9.17, 15) is 0 Å². The lowest BCUT2D eigenvalue weighted by molar-refractivity contribution is 0.157. The van der Waals surface area contributed by atoms with Gasteiger partial charge in [-0.15, -0.1) is 24.0 Å². The SMILES string of the molecule is CN=C(NCCc1cc(Cl)c2c(c1)OCCO2)N1CCC(COC)C1.I. The van der Waals surface area contributed by atoms with Crippen LogP contribution < -0.4 is 14.8 Å². The zero-order valence-electron chi connectivity index (χ0n) is 15.3. The second-order valence-corrected chi connectivity index (χ2v) is 6.79. The van der Waals surface area contributed by atoms with E-state index < -0.39 is 0 Å². The Hall–Kier alpha value is -0.930. The van der Waals surface area contributed by atoms with Gasteiger partial charge >= 0.3 is 0 Å². The molecule has 1 aromatic rings. The van der Waals surface area contributed by atoms with Gasteiger partial charge in [0.1, 0.15) is 13.2 Å². The van der Waals surface area contributed by atoms with Crippen LogP contribution in [-0.2, 0) is 11.2 Å². The zero-order valence-corrected chi connectivity index (χ0v) is 18.4. The Morgan fingerprint density at radius 1 is 1.38 bits per heavy atom. The Bertz CT molecular complexity index is 630. The summed E-state index contributed by atoms with van der Waals surface area (Å²) in [6.07, 6.45) is 1.98. The van der Waals surface area contributed by atoms with E-state index >= 15 is 0 Å². The van der Waals surface area contributed by atoms with Crippen LogP contribution in [0.5, 0.6) is 11.5 Å². The molecule has 1 atom stereocenters. The Labute approximate surface area is 177 Å². The number of hydrogen-bond donors (Lipinski definition) is 1. The van der Waals surface area contributed by atoms with Gasteiger partial charge in [0.15, 0.2) is 17.5 Å². The molecule has 1 N–H and O–H groups in total. The summed E-state index contributed by atoms with van der Waals surface area (Å²) in [7, 11) is 3.58. The predicted molar refractivity (Wildman–Crippen MR) is 114 cm³/mol. The Morgan fingerprint density at radius 3 is 2.96 bits per heavy atom. The summed E-state index contributed by atoms with van der Waals surface area (Å²) in [5.41, 5.74) is 1.12. The van der Waals surface area contributed by atoms with E-state index in [2.05, 4.69) is 15.2 Å². The quantitative estimate of drug-likeness (QED) is 0.387. The fourth-order valence-corrected chi connectivity index (χ4v) is 3.64. The third-order valence-corrected chi connectivity index (χ3v) is 4.83. The molecule has 0 saturated carbocycles. The molecule has 1 fully saturated rings. The highest BCUT2D eigenvalue weighted by molar-refractivity contribution is 14.0. The third kappa shape index (κ3) is 5.29. The minimum atomic E-state index is 0. The molecule has 2 heterocycles. The van der Waals surface area contributed by atoms with Crippen molar-refractivity contribution in [3.05, 3.63) is 22.7 Å². The molecule has 2 aliphatic rings. The van der Waals surface area contributed by atoms with Gasteiger partial charge in [-0.1, -0.05) is 11.6 Å². The number of nitrogens with zero attached hydrogens (tertiary/aromatic N) is 2. The summed E-state index contributed by atoms with van der Waals surface area (Å²) < 4.78 is 16.5. The summed E-state index contributed by atoms with van der Waals surface area (Å²) in [5.74, 6) is 2.92. The smallest absolute Gasteiger partial charge is 0.193 e. The number of nitrogens with one attached hydrogen (secondary N) is 1. The van der Waals surface area contributed by atoms with Gasteiger partial charge in [-0.25, -0.2) is 0 Å². The first-order chi connectivity index (χ1) is 12.2. The normalized spacial score (nSPS) is 19.3. The molecule has 1 aromatic carbocycles. The average molecular weight is 496 g/mol. The fraction of sp³-hybridized carbons (Fsp3) is 0.611. The van der Waals surface area contributed by atoms with Crippen LogP contribution in [0.2, 0.25) is 5.02 Å². The van der Waals surface area contributed by atoms with Gasteiger partial charge < -0.3 is 24.4 Å². The minimum absolute atomic E-state index is 0. The van der Waals surface area contributed by atoms with Crippen molar-refractivity contribution in [3.8, 4) is 11.5 Å². The second-order valence-electron chi connectivity index (χ2n) is 6.38. The van der Waals surface area contributed by atoms with Crippen LogP contribution in [0.25, 0.3) is 0 Å². The van der Waals surface area contributed by atoms with Gasteiger partial charge in [0, 0.05) is 39.7 Å². The highest BCUT2D eigenvalue weighted by atomic mass is 127. The number of benzene rings is 1. The van der Waals surface area contributed by atoms with Crippen LogP contribution in [0.1, 0.15) is 12.0 Å². The van der Waals surface area contributed by atoms with Crippen molar-refractivity contribution in [2.24, 2.45) is 10.9 Å². The van der Waals surface area contributed by atoms with Gasteiger partial charge in [-0.2, -0.15) is 0 Å². The maximum absolute atomic E-state index is 6.30. The van der Waals surface area contributed by atoms with Crippen LogP contribution in [0.4, 0.5) is 0 Å². The van der Waals surface area contributed by atoms with Crippen molar-refractivity contribution < 1.29 is 14.2 Å². The fourth-order valence-electron chi connectivity index (χ4n) is 3.36. The van der Waals surface area contributed by atoms with Gasteiger partial charge in [-0.05, 0) is 30.5 Å².